The zero-order valence-corrected chi connectivity index (χ0v) is 19.6. The molecule has 0 aromatic rings. The lowest BCUT2D eigenvalue weighted by Gasteiger charge is -2.65. The van der Waals surface area contributed by atoms with Crippen LogP contribution in [-0.2, 0) is 0 Å². The second kappa shape index (κ2) is 7.05. The van der Waals surface area contributed by atoms with E-state index in [1.807, 2.05) is 0 Å². The summed E-state index contributed by atoms with van der Waals surface area (Å²) in [6.45, 7) is 18.3. The molecule has 11 atom stereocenters. The summed E-state index contributed by atoms with van der Waals surface area (Å²) in [4.78, 5) is 0. The van der Waals surface area contributed by atoms with Crippen molar-refractivity contribution in [2.75, 3.05) is 0 Å². The van der Waals surface area contributed by atoms with Crippen molar-refractivity contribution in [2.24, 2.45) is 64.1 Å². The van der Waals surface area contributed by atoms with E-state index in [0.717, 1.165) is 53.3 Å². The lowest BCUT2D eigenvalue weighted by molar-refractivity contribution is -0.162. The van der Waals surface area contributed by atoms with Crippen LogP contribution in [0.1, 0.15) is 106 Å². The summed E-state index contributed by atoms with van der Waals surface area (Å²) in [5.41, 5.74) is 1.28. The fraction of sp³-hybridized carbons (Fsp3) is 1.00. The van der Waals surface area contributed by atoms with Crippen molar-refractivity contribution in [3.8, 4) is 0 Å². The molecule has 0 spiro atoms. The van der Waals surface area contributed by atoms with Gasteiger partial charge in [-0.25, -0.2) is 0 Å². The maximum atomic E-state index is 2.76. The highest BCUT2D eigenvalue weighted by atomic mass is 14.7. The van der Waals surface area contributed by atoms with Crippen LogP contribution >= 0.6 is 0 Å². The molecule has 4 saturated carbocycles. The molecule has 0 aromatic carbocycles. The molecule has 27 heavy (non-hydrogen) atoms. The van der Waals surface area contributed by atoms with Gasteiger partial charge in [0.1, 0.15) is 0 Å². The van der Waals surface area contributed by atoms with Crippen molar-refractivity contribution in [3.63, 3.8) is 0 Å². The van der Waals surface area contributed by atoms with Crippen molar-refractivity contribution < 1.29 is 0 Å². The molecule has 0 bridgehead atoms. The highest BCUT2D eigenvalue weighted by molar-refractivity contribution is 5.12. The van der Waals surface area contributed by atoms with Gasteiger partial charge >= 0.3 is 0 Å². The second-order valence-electron chi connectivity index (χ2n) is 12.5. The second-order valence-corrected chi connectivity index (χ2v) is 12.5. The first-order valence-electron chi connectivity index (χ1n) is 12.7. The zero-order chi connectivity index (χ0) is 19.6. The quantitative estimate of drug-likeness (QED) is 0.468. The SMILES string of the molecule is CCCC(C)C1CCC2C3C(C)CC4CC(C)CCC4(C)C3CC(C)C12C. The molecule has 4 aliphatic carbocycles. The van der Waals surface area contributed by atoms with Gasteiger partial charge in [-0.1, -0.05) is 67.7 Å². The molecule has 0 heteroatoms. The van der Waals surface area contributed by atoms with Gasteiger partial charge in [0.2, 0.25) is 0 Å². The van der Waals surface area contributed by atoms with Crippen LogP contribution in [0.5, 0.6) is 0 Å². The van der Waals surface area contributed by atoms with E-state index in [1.165, 1.54) is 44.9 Å². The van der Waals surface area contributed by atoms with Gasteiger partial charge in [0.15, 0.2) is 0 Å². The number of rotatable bonds is 3. The van der Waals surface area contributed by atoms with E-state index in [-0.39, 0.29) is 0 Å². The van der Waals surface area contributed by atoms with E-state index >= 15 is 0 Å². The molecular weight excluding hydrogens is 324 g/mol. The summed E-state index contributed by atoms with van der Waals surface area (Å²) in [7, 11) is 0. The van der Waals surface area contributed by atoms with Crippen LogP contribution in [0.25, 0.3) is 0 Å². The molecule has 0 aliphatic heterocycles. The Morgan fingerprint density at radius 2 is 1.67 bits per heavy atom. The van der Waals surface area contributed by atoms with Crippen molar-refractivity contribution in [1.29, 1.82) is 0 Å². The Balaban J connectivity index is 1.66. The Bertz CT molecular complexity index is 536. The first-order valence-corrected chi connectivity index (χ1v) is 12.7. The highest BCUT2D eigenvalue weighted by Crippen LogP contribution is 2.71. The van der Waals surface area contributed by atoms with Crippen molar-refractivity contribution in [1.82, 2.24) is 0 Å². The zero-order valence-electron chi connectivity index (χ0n) is 19.6. The summed E-state index contributed by atoms with van der Waals surface area (Å²) in [5, 5.41) is 0. The van der Waals surface area contributed by atoms with E-state index in [0.29, 0.717) is 10.8 Å². The minimum absolute atomic E-state index is 0.620. The maximum Gasteiger partial charge on any atom is -0.0238 e. The molecule has 4 rings (SSSR count). The van der Waals surface area contributed by atoms with Gasteiger partial charge < -0.3 is 0 Å². The minimum atomic E-state index is 0.620. The molecule has 0 radical (unpaired) electrons. The molecule has 0 nitrogen and oxygen atoms in total. The Labute approximate surface area is 170 Å². The Morgan fingerprint density at radius 3 is 2.37 bits per heavy atom. The fourth-order valence-corrected chi connectivity index (χ4v) is 9.82. The third-order valence-corrected chi connectivity index (χ3v) is 11.4. The number of fused-ring (bicyclic) bond motifs is 5. The largest absolute Gasteiger partial charge is 0.0654 e. The topological polar surface area (TPSA) is 0 Å². The van der Waals surface area contributed by atoms with Gasteiger partial charge in [-0.05, 0) is 103 Å². The molecule has 0 N–H and O–H groups in total. The molecule has 4 aliphatic rings. The molecular formula is C27H48. The van der Waals surface area contributed by atoms with Crippen LogP contribution in [0, 0.1) is 64.1 Å². The summed E-state index contributed by atoms with van der Waals surface area (Å²) < 4.78 is 0. The third-order valence-electron chi connectivity index (χ3n) is 11.4. The van der Waals surface area contributed by atoms with Crippen molar-refractivity contribution in [3.05, 3.63) is 0 Å². The summed E-state index contributed by atoms with van der Waals surface area (Å²) in [6, 6.07) is 0. The average Bonchev–Trinajstić information content (AvgIpc) is 2.96. The van der Waals surface area contributed by atoms with Crippen LogP contribution in [0.15, 0.2) is 0 Å². The molecule has 11 unspecified atom stereocenters. The molecule has 0 heterocycles. The van der Waals surface area contributed by atoms with E-state index in [9.17, 15) is 0 Å². The van der Waals surface area contributed by atoms with E-state index < -0.39 is 0 Å². The van der Waals surface area contributed by atoms with Gasteiger partial charge in [-0.15, -0.1) is 0 Å². The van der Waals surface area contributed by atoms with E-state index in [1.54, 1.807) is 12.8 Å². The van der Waals surface area contributed by atoms with Crippen LogP contribution in [-0.4, -0.2) is 0 Å². The maximum absolute atomic E-state index is 2.76. The third kappa shape index (κ3) is 2.89. The molecule has 4 fully saturated rings. The highest BCUT2D eigenvalue weighted by Gasteiger charge is 2.64. The molecule has 0 saturated heterocycles. The smallest absolute Gasteiger partial charge is 0.0238 e. The van der Waals surface area contributed by atoms with Gasteiger partial charge in [0.05, 0.1) is 0 Å². The van der Waals surface area contributed by atoms with Gasteiger partial charge in [-0.3, -0.25) is 0 Å². The number of hydrogen-bond donors (Lipinski definition) is 0. The van der Waals surface area contributed by atoms with E-state index in [2.05, 4.69) is 48.5 Å². The monoisotopic (exact) mass is 372 g/mol. The van der Waals surface area contributed by atoms with Gasteiger partial charge in [0, 0.05) is 0 Å². The predicted molar refractivity (Wildman–Crippen MR) is 118 cm³/mol. The van der Waals surface area contributed by atoms with Gasteiger partial charge in [0.25, 0.3) is 0 Å². The van der Waals surface area contributed by atoms with Crippen LogP contribution in [0.3, 0.4) is 0 Å². The molecule has 0 aromatic heterocycles. The number of hydrogen-bond acceptors (Lipinski definition) is 0. The van der Waals surface area contributed by atoms with Crippen LogP contribution in [0.2, 0.25) is 0 Å². The first-order chi connectivity index (χ1) is 12.7. The Hall–Kier alpha value is 0. The summed E-state index contributed by atoms with van der Waals surface area (Å²) in [6.07, 6.45) is 13.5. The summed E-state index contributed by atoms with van der Waals surface area (Å²) >= 11 is 0. The van der Waals surface area contributed by atoms with E-state index in [4.69, 9.17) is 0 Å². The normalized spacial score (nSPS) is 56.1. The molecule has 156 valence electrons. The standard InChI is InChI=1S/C27H48/c1-8-9-18(3)22-10-11-23-25-19(4)15-21-14-17(2)12-13-26(21,6)24(25)16-20(5)27(22,23)7/h17-25H,8-16H2,1-7H3. The Morgan fingerprint density at radius 1 is 0.926 bits per heavy atom. The minimum Gasteiger partial charge on any atom is -0.0654 e. The van der Waals surface area contributed by atoms with Crippen molar-refractivity contribution >= 4 is 0 Å². The van der Waals surface area contributed by atoms with Crippen LogP contribution in [0.4, 0.5) is 0 Å². The van der Waals surface area contributed by atoms with Crippen LogP contribution < -0.4 is 0 Å². The molecule has 0 amide bonds. The fourth-order valence-electron chi connectivity index (χ4n) is 9.82. The van der Waals surface area contributed by atoms with Gasteiger partial charge in [-0.2, -0.15) is 0 Å². The Kier molecular flexibility index (Phi) is 5.30. The lowest BCUT2D eigenvalue weighted by atomic mass is 9.40. The van der Waals surface area contributed by atoms with Crippen molar-refractivity contribution in [2.45, 2.75) is 106 Å². The predicted octanol–water partition coefficient (Wildman–Crippen LogP) is 8.21. The lowest BCUT2D eigenvalue weighted by Crippen LogP contribution is -2.58. The first kappa shape index (κ1) is 20.3. The summed E-state index contributed by atoms with van der Waals surface area (Å²) in [5.74, 6) is 8.88. The average molecular weight is 373 g/mol.